The van der Waals surface area contributed by atoms with Crippen molar-refractivity contribution in [3.05, 3.63) is 15.1 Å². The molecule has 1 aromatic heterocycles. The lowest BCUT2D eigenvalue weighted by molar-refractivity contribution is 0.167. The van der Waals surface area contributed by atoms with E-state index < -0.39 is 0 Å². The van der Waals surface area contributed by atoms with Gasteiger partial charge in [-0.05, 0) is 66.0 Å². The molecule has 1 heterocycles. The Labute approximate surface area is 142 Å². The van der Waals surface area contributed by atoms with E-state index in [1.807, 2.05) is 0 Å². The molecule has 0 radical (unpaired) electrons. The van der Waals surface area contributed by atoms with E-state index in [2.05, 4.69) is 55.3 Å². The maximum absolute atomic E-state index is 6.10. The largest absolute Gasteiger partial charge is 0.383 e. The molecule has 118 valence electrons. The van der Waals surface area contributed by atoms with Crippen LogP contribution in [0.5, 0.6) is 0 Å². The fourth-order valence-corrected chi connectivity index (χ4v) is 3.85. The first-order chi connectivity index (χ1) is 9.82. The van der Waals surface area contributed by atoms with E-state index in [1.54, 1.807) is 0 Å². The van der Waals surface area contributed by atoms with Gasteiger partial charge in [0.25, 0.3) is 0 Å². The van der Waals surface area contributed by atoms with Gasteiger partial charge >= 0.3 is 0 Å². The summed E-state index contributed by atoms with van der Waals surface area (Å²) in [7, 11) is 0. The number of nitrogens with two attached hydrogens (primary N) is 1. The van der Waals surface area contributed by atoms with Crippen LogP contribution in [0.15, 0.2) is 0 Å². The summed E-state index contributed by atoms with van der Waals surface area (Å²) >= 11 is 2.28. The van der Waals surface area contributed by atoms with Crippen LogP contribution in [0, 0.1) is 14.9 Å². The molecule has 1 aliphatic carbocycles. The number of aryl methyl sites for hydroxylation is 1. The zero-order valence-corrected chi connectivity index (χ0v) is 15.9. The number of hydrogen-bond donors (Lipinski definition) is 1. The van der Waals surface area contributed by atoms with Crippen LogP contribution in [-0.4, -0.2) is 9.97 Å². The highest BCUT2D eigenvalue weighted by Crippen LogP contribution is 2.42. The van der Waals surface area contributed by atoms with Gasteiger partial charge in [-0.3, -0.25) is 0 Å². The molecule has 1 fully saturated rings. The third-order valence-electron chi connectivity index (χ3n) is 4.77. The van der Waals surface area contributed by atoms with E-state index >= 15 is 0 Å². The van der Waals surface area contributed by atoms with Gasteiger partial charge in [-0.25, -0.2) is 9.97 Å². The van der Waals surface area contributed by atoms with Crippen molar-refractivity contribution in [2.45, 2.75) is 72.1 Å². The van der Waals surface area contributed by atoms with Crippen LogP contribution in [0.2, 0.25) is 0 Å². The highest BCUT2D eigenvalue weighted by molar-refractivity contribution is 14.1. The lowest BCUT2D eigenvalue weighted by atomic mass is 9.69. The predicted octanol–water partition coefficient (Wildman–Crippen LogP) is 4.94. The maximum atomic E-state index is 6.10. The molecule has 2 N–H and O–H groups in total. The molecule has 0 aromatic carbocycles. The molecule has 0 spiro atoms. The van der Waals surface area contributed by atoms with Crippen molar-refractivity contribution in [1.29, 1.82) is 0 Å². The second-order valence-corrected chi connectivity index (χ2v) is 8.47. The summed E-state index contributed by atoms with van der Waals surface area (Å²) in [5.41, 5.74) is 7.65. The summed E-state index contributed by atoms with van der Waals surface area (Å²) < 4.78 is 1.04. The number of anilines is 1. The van der Waals surface area contributed by atoms with Crippen LogP contribution < -0.4 is 5.73 Å². The number of hydrogen-bond acceptors (Lipinski definition) is 3. The van der Waals surface area contributed by atoms with Gasteiger partial charge in [0, 0.05) is 5.92 Å². The standard InChI is InChI=1S/C17H28IN3/c1-5-6-13-14(18)15(19)21-16(20-13)11-7-9-12(10-8-11)17(2,3)4/h11-12H,5-10H2,1-4H3,(H2,19,20,21). The second-order valence-electron chi connectivity index (χ2n) is 7.39. The minimum Gasteiger partial charge on any atom is -0.383 e. The first-order valence-electron chi connectivity index (χ1n) is 8.14. The first-order valence-corrected chi connectivity index (χ1v) is 9.22. The Kier molecular flexibility index (Phi) is 5.49. The van der Waals surface area contributed by atoms with Gasteiger partial charge in [-0.2, -0.15) is 0 Å². The Balaban J connectivity index is 2.13. The van der Waals surface area contributed by atoms with Crippen LogP contribution in [0.1, 0.15) is 77.2 Å². The van der Waals surface area contributed by atoms with Gasteiger partial charge in [0.1, 0.15) is 11.6 Å². The van der Waals surface area contributed by atoms with Crippen LogP contribution in [0.25, 0.3) is 0 Å². The topological polar surface area (TPSA) is 51.8 Å². The van der Waals surface area contributed by atoms with E-state index in [9.17, 15) is 0 Å². The number of halogens is 1. The second kappa shape index (κ2) is 6.80. The van der Waals surface area contributed by atoms with Gasteiger partial charge in [0.2, 0.25) is 0 Å². The molecule has 4 heteroatoms. The molecule has 21 heavy (non-hydrogen) atoms. The highest BCUT2D eigenvalue weighted by atomic mass is 127. The van der Waals surface area contributed by atoms with Crippen LogP contribution in [0.3, 0.4) is 0 Å². The molecule has 0 bridgehead atoms. The third-order valence-corrected chi connectivity index (χ3v) is 5.94. The van der Waals surface area contributed by atoms with E-state index in [-0.39, 0.29) is 0 Å². The van der Waals surface area contributed by atoms with Crippen LogP contribution >= 0.6 is 22.6 Å². The minimum atomic E-state index is 0.421. The number of rotatable bonds is 3. The van der Waals surface area contributed by atoms with Gasteiger partial charge < -0.3 is 5.73 Å². The molecule has 1 aliphatic rings. The molecule has 1 saturated carbocycles. The van der Waals surface area contributed by atoms with E-state index in [1.165, 1.54) is 25.7 Å². The zero-order chi connectivity index (χ0) is 15.6. The smallest absolute Gasteiger partial charge is 0.140 e. The molecule has 0 saturated heterocycles. The fourth-order valence-electron chi connectivity index (χ4n) is 3.34. The molecule has 2 rings (SSSR count). The molecule has 1 aromatic rings. The first kappa shape index (κ1) is 17.0. The minimum absolute atomic E-state index is 0.421. The number of nitrogen functional groups attached to an aromatic ring is 1. The Bertz CT molecular complexity index is 486. The summed E-state index contributed by atoms with van der Waals surface area (Å²) in [5, 5.41) is 0. The van der Waals surface area contributed by atoms with E-state index in [0.29, 0.717) is 17.2 Å². The normalized spacial score (nSPS) is 23.3. The average Bonchev–Trinajstić information content (AvgIpc) is 2.43. The molecule has 0 amide bonds. The quantitative estimate of drug-likeness (QED) is 0.731. The fraction of sp³-hybridized carbons (Fsp3) is 0.765. The number of nitrogens with zero attached hydrogens (tertiary/aromatic N) is 2. The summed E-state index contributed by atoms with van der Waals surface area (Å²) in [6.45, 7) is 9.26. The zero-order valence-electron chi connectivity index (χ0n) is 13.7. The van der Waals surface area contributed by atoms with Crippen molar-refractivity contribution < 1.29 is 0 Å². The summed E-state index contributed by atoms with van der Waals surface area (Å²) in [6, 6.07) is 0. The van der Waals surface area contributed by atoms with Gasteiger partial charge in [0.05, 0.1) is 9.26 Å². The average molecular weight is 401 g/mol. The van der Waals surface area contributed by atoms with Crippen molar-refractivity contribution >= 4 is 28.4 Å². The van der Waals surface area contributed by atoms with Gasteiger partial charge in [-0.1, -0.05) is 34.1 Å². The molecule has 3 nitrogen and oxygen atoms in total. The monoisotopic (exact) mass is 401 g/mol. The Morgan fingerprint density at radius 3 is 2.29 bits per heavy atom. The lowest BCUT2D eigenvalue weighted by Gasteiger charge is -2.36. The SMILES string of the molecule is CCCc1nc(C2CCC(C(C)(C)C)CC2)nc(N)c1I. The summed E-state index contributed by atoms with van der Waals surface area (Å²) in [5.74, 6) is 2.98. The maximum Gasteiger partial charge on any atom is 0.140 e. The van der Waals surface area contributed by atoms with Crippen molar-refractivity contribution in [2.75, 3.05) is 5.73 Å². The molecule has 0 aliphatic heterocycles. The molecular weight excluding hydrogens is 373 g/mol. The third kappa shape index (κ3) is 4.08. The predicted molar refractivity (Wildman–Crippen MR) is 97.3 cm³/mol. The van der Waals surface area contributed by atoms with Crippen LogP contribution in [0.4, 0.5) is 5.82 Å². The molecular formula is C17H28IN3. The van der Waals surface area contributed by atoms with E-state index in [0.717, 1.165) is 33.8 Å². The Hall–Kier alpha value is -0.390. The Morgan fingerprint density at radius 2 is 1.76 bits per heavy atom. The molecule has 0 unspecified atom stereocenters. The Morgan fingerprint density at radius 1 is 1.14 bits per heavy atom. The van der Waals surface area contributed by atoms with Gasteiger partial charge in [-0.15, -0.1) is 0 Å². The summed E-state index contributed by atoms with van der Waals surface area (Å²) in [4.78, 5) is 9.42. The van der Waals surface area contributed by atoms with E-state index in [4.69, 9.17) is 10.7 Å². The van der Waals surface area contributed by atoms with Crippen LogP contribution in [-0.2, 0) is 6.42 Å². The summed E-state index contributed by atoms with van der Waals surface area (Å²) in [6.07, 6.45) is 7.07. The van der Waals surface area contributed by atoms with Gasteiger partial charge in [0.15, 0.2) is 0 Å². The number of aromatic nitrogens is 2. The molecule has 0 atom stereocenters. The van der Waals surface area contributed by atoms with Crippen molar-refractivity contribution in [3.8, 4) is 0 Å². The van der Waals surface area contributed by atoms with Crippen molar-refractivity contribution in [3.63, 3.8) is 0 Å². The van der Waals surface area contributed by atoms with Crippen molar-refractivity contribution in [1.82, 2.24) is 9.97 Å². The van der Waals surface area contributed by atoms with Crippen molar-refractivity contribution in [2.24, 2.45) is 11.3 Å². The highest BCUT2D eigenvalue weighted by Gasteiger charge is 2.31. The lowest BCUT2D eigenvalue weighted by Crippen LogP contribution is -2.26.